The summed E-state index contributed by atoms with van der Waals surface area (Å²) < 4.78 is 1.52. The minimum absolute atomic E-state index is 0. The molecule has 1 atom stereocenters. The van der Waals surface area contributed by atoms with Gasteiger partial charge in [0, 0.05) is 18.8 Å². The number of hydrogen-bond acceptors (Lipinski definition) is 3. The van der Waals surface area contributed by atoms with E-state index in [0.717, 1.165) is 0 Å². The first-order valence-electron chi connectivity index (χ1n) is 5.35. The summed E-state index contributed by atoms with van der Waals surface area (Å²) in [6, 6.07) is 2.49. The van der Waals surface area contributed by atoms with Gasteiger partial charge in [0.1, 0.15) is 0 Å². The molecular weight excluding hydrogens is 242 g/mol. The lowest BCUT2D eigenvalue weighted by Gasteiger charge is -2.11. The van der Waals surface area contributed by atoms with Crippen molar-refractivity contribution in [3.05, 3.63) is 28.7 Å². The van der Waals surface area contributed by atoms with E-state index >= 15 is 0 Å². The Morgan fingerprint density at radius 1 is 1.47 bits per heavy atom. The van der Waals surface area contributed by atoms with Crippen molar-refractivity contribution < 1.29 is 4.79 Å². The molecule has 1 heterocycles. The van der Waals surface area contributed by atoms with Gasteiger partial charge < -0.3 is 15.6 Å². The molecule has 0 bridgehead atoms. The van der Waals surface area contributed by atoms with Gasteiger partial charge in [-0.15, -0.1) is 12.4 Å². The average Bonchev–Trinajstić information content (AvgIpc) is 2.30. The second kappa shape index (κ2) is 7.09. The van der Waals surface area contributed by atoms with Crippen LogP contribution >= 0.6 is 12.4 Å². The molecule has 0 aliphatic heterocycles. The maximum Gasteiger partial charge on any atom is 0.250 e. The van der Waals surface area contributed by atoms with Crippen molar-refractivity contribution in [1.29, 1.82) is 0 Å². The first kappa shape index (κ1) is 15.7. The molecule has 96 valence electrons. The summed E-state index contributed by atoms with van der Waals surface area (Å²) in [5.41, 5.74) is 6.09. The maximum atomic E-state index is 11.5. The van der Waals surface area contributed by atoms with Crippen LogP contribution in [0.1, 0.15) is 20.3 Å². The number of anilines is 1. The highest BCUT2D eigenvalue weighted by Gasteiger charge is 2.11. The van der Waals surface area contributed by atoms with Crippen molar-refractivity contribution in [2.75, 3.05) is 5.32 Å². The third kappa shape index (κ3) is 4.20. The van der Waals surface area contributed by atoms with Crippen molar-refractivity contribution >= 4 is 24.0 Å². The second-order valence-electron chi connectivity index (χ2n) is 3.55. The molecule has 0 saturated carbocycles. The van der Waals surface area contributed by atoms with Crippen LogP contribution in [0.2, 0.25) is 0 Å². The number of rotatable bonds is 4. The fourth-order valence-electron chi connectivity index (χ4n) is 1.27. The van der Waals surface area contributed by atoms with Crippen molar-refractivity contribution in [2.24, 2.45) is 5.73 Å². The number of nitrogens with zero attached hydrogens (tertiary/aromatic N) is 1. The number of nitrogens with one attached hydrogen (secondary N) is 1. The first-order valence-corrected chi connectivity index (χ1v) is 5.35. The van der Waals surface area contributed by atoms with Gasteiger partial charge in [-0.05, 0) is 19.4 Å². The number of halogens is 1. The van der Waals surface area contributed by atoms with E-state index in [-0.39, 0.29) is 23.9 Å². The van der Waals surface area contributed by atoms with Gasteiger partial charge in [-0.2, -0.15) is 0 Å². The molecule has 1 aromatic rings. The van der Waals surface area contributed by atoms with Gasteiger partial charge in [0.15, 0.2) is 0 Å². The number of carbonyl (C=O) groups excluding carboxylic acids is 1. The van der Waals surface area contributed by atoms with Gasteiger partial charge in [-0.25, -0.2) is 0 Å². The minimum Gasteiger partial charge on any atom is -0.323 e. The zero-order valence-electron chi connectivity index (χ0n) is 9.97. The normalized spacial score (nSPS) is 11.5. The summed E-state index contributed by atoms with van der Waals surface area (Å²) >= 11 is 0. The van der Waals surface area contributed by atoms with Crippen molar-refractivity contribution in [2.45, 2.75) is 32.9 Å². The molecule has 0 fully saturated rings. The lowest BCUT2D eigenvalue weighted by Crippen LogP contribution is -2.35. The Morgan fingerprint density at radius 3 is 2.65 bits per heavy atom. The molecule has 5 nitrogen and oxygen atoms in total. The van der Waals surface area contributed by atoms with Crippen molar-refractivity contribution in [3.63, 3.8) is 0 Å². The molecule has 1 aromatic heterocycles. The van der Waals surface area contributed by atoms with Gasteiger partial charge >= 0.3 is 0 Å². The van der Waals surface area contributed by atoms with E-state index in [2.05, 4.69) is 5.32 Å². The third-order valence-corrected chi connectivity index (χ3v) is 2.37. The molecule has 0 unspecified atom stereocenters. The van der Waals surface area contributed by atoms with Crippen LogP contribution in [-0.2, 0) is 11.3 Å². The van der Waals surface area contributed by atoms with Crippen LogP contribution in [0.15, 0.2) is 23.1 Å². The van der Waals surface area contributed by atoms with Crippen LogP contribution in [0.3, 0.4) is 0 Å². The Hall–Kier alpha value is -1.33. The maximum absolute atomic E-state index is 11.5. The number of hydrogen-bond donors (Lipinski definition) is 2. The quantitative estimate of drug-likeness (QED) is 0.846. The highest BCUT2D eigenvalue weighted by molar-refractivity contribution is 5.94. The molecule has 0 spiro atoms. The summed E-state index contributed by atoms with van der Waals surface area (Å²) in [4.78, 5) is 22.8. The van der Waals surface area contributed by atoms with E-state index in [1.807, 2.05) is 13.8 Å². The van der Waals surface area contributed by atoms with Gasteiger partial charge in [0.2, 0.25) is 5.91 Å². The molecular formula is C11H18ClN3O2. The van der Waals surface area contributed by atoms with Crippen LogP contribution in [0.4, 0.5) is 5.69 Å². The zero-order valence-corrected chi connectivity index (χ0v) is 10.8. The van der Waals surface area contributed by atoms with Crippen LogP contribution in [0.25, 0.3) is 0 Å². The lowest BCUT2D eigenvalue weighted by molar-refractivity contribution is -0.117. The Bertz CT molecular complexity index is 431. The molecule has 0 aliphatic rings. The van der Waals surface area contributed by atoms with Crippen molar-refractivity contribution in [1.82, 2.24) is 4.57 Å². The molecule has 3 N–H and O–H groups in total. The molecule has 0 aliphatic carbocycles. The number of amides is 1. The van der Waals surface area contributed by atoms with E-state index in [1.165, 1.54) is 10.6 Å². The largest absolute Gasteiger partial charge is 0.323 e. The first-order chi connectivity index (χ1) is 7.58. The monoisotopic (exact) mass is 259 g/mol. The van der Waals surface area contributed by atoms with Gasteiger partial charge in [0.25, 0.3) is 5.56 Å². The summed E-state index contributed by atoms with van der Waals surface area (Å²) in [6.45, 7) is 4.28. The Balaban J connectivity index is 0.00000256. The van der Waals surface area contributed by atoms with Crippen LogP contribution < -0.4 is 16.6 Å². The van der Waals surface area contributed by atoms with Crippen molar-refractivity contribution in [3.8, 4) is 0 Å². The van der Waals surface area contributed by atoms with Gasteiger partial charge in [-0.3, -0.25) is 9.59 Å². The highest BCUT2D eigenvalue weighted by Crippen LogP contribution is 2.04. The number of aryl methyl sites for hydroxylation is 1. The second-order valence-corrected chi connectivity index (χ2v) is 3.55. The summed E-state index contributed by atoms with van der Waals surface area (Å²) in [7, 11) is 0. The van der Waals surface area contributed by atoms with Crippen LogP contribution in [0.5, 0.6) is 0 Å². The molecule has 0 radical (unpaired) electrons. The van der Waals surface area contributed by atoms with Crippen LogP contribution in [0, 0.1) is 0 Å². The number of carbonyl (C=O) groups is 1. The standard InChI is InChI=1S/C11H17N3O2.ClH/c1-3-9(12)11(16)13-8-5-6-10(15)14(4-2)7-8;/h5-7,9H,3-4,12H2,1-2H3,(H,13,16);1H/t9-;/m0./s1. The molecule has 0 saturated heterocycles. The van der Waals surface area contributed by atoms with Gasteiger partial charge in [-0.1, -0.05) is 6.92 Å². The van der Waals surface area contributed by atoms with Crippen LogP contribution in [-0.4, -0.2) is 16.5 Å². The smallest absolute Gasteiger partial charge is 0.250 e. The summed E-state index contributed by atoms with van der Waals surface area (Å²) in [5, 5.41) is 2.67. The predicted molar refractivity (Wildman–Crippen MR) is 70.5 cm³/mol. The van der Waals surface area contributed by atoms with E-state index < -0.39 is 6.04 Å². The fourth-order valence-corrected chi connectivity index (χ4v) is 1.27. The Morgan fingerprint density at radius 2 is 2.12 bits per heavy atom. The SMILES string of the molecule is CC[C@H](N)C(=O)Nc1ccc(=O)n(CC)c1.Cl. The average molecular weight is 260 g/mol. The number of nitrogens with two attached hydrogens (primary N) is 1. The van der Waals surface area contributed by atoms with E-state index in [9.17, 15) is 9.59 Å². The lowest BCUT2D eigenvalue weighted by atomic mass is 10.2. The zero-order chi connectivity index (χ0) is 12.1. The Labute approximate surface area is 106 Å². The third-order valence-electron chi connectivity index (χ3n) is 2.37. The number of pyridine rings is 1. The fraction of sp³-hybridized carbons (Fsp3) is 0.455. The van der Waals surface area contributed by atoms with E-state index in [0.29, 0.717) is 18.7 Å². The number of aromatic nitrogens is 1. The molecule has 1 amide bonds. The molecule has 17 heavy (non-hydrogen) atoms. The van der Waals surface area contributed by atoms with E-state index in [1.54, 1.807) is 12.3 Å². The molecule has 0 aromatic carbocycles. The van der Waals surface area contributed by atoms with Gasteiger partial charge in [0.05, 0.1) is 11.7 Å². The topological polar surface area (TPSA) is 77.1 Å². The van der Waals surface area contributed by atoms with E-state index in [4.69, 9.17) is 5.73 Å². The summed E-state index contributed by atoms with van der Waals surface area (Å²) in [6.07, 6.45) is 2.20. The molecule has 6 heteroatoms. The molecule has 1 rings (SSSR count). The minimum atomic E-state index is -0.512. The Kier molecular flexibility index (Phi) is 6.53. The summed E-state index contributed by atoms with van der Waals surface area (Å²) in [5.74, 6) is -0.233. The highest BCUT2D eigenvalue weighted by atomic mass is 35.5. The predicted octanol–water partition coefficient (Wildman–Crippen LogP) is 0.966.